The quantitative estimate of drug-likeness (QED) is 0.501. The van der Waals surface area contributed by atoms with E-state index in [0.29, 0.717) is 5.76 Å². The lowest BCUT2D eigenvalue weighted by molar-refractivity contribution is -0.386. The molecule has 1 fully saturated rings. The highest BCUT2D eigenvalue weighted by atomic mass is 16.6. The van der Waals surface area contributed by atoms with E-state index in [-0.39, 0.29) is 34.9 Å². The van der Waals surface area contributed by atoms with Gasteiger partial charge in [0.05, 0.1) is 38.6 Å². The lowest BCUT2D eigenvalue weighted by Crippen LogP contribution is -2.36. The summed E-state index contributed by atoms with van der Waals surface area (Å²) in [5.74, 6) is 0.198. The maximum atomic E-state index is 13.5. The number of ether oxygens (including phenoxy) is 3. The fraction of sp³-hybridized carbons (Fsp3) is 0.421. The minimum absolute atomic E-state index is 0.00806. The first-order valence-corrected chi connectivity index (χ1v) is 8.78. The lowest BCUT2D eigenvalue weighted by atomic mass is 10.1. The summed E-state index contributed by atoms with van der Waals surface area (Å²) in [6.07, 6.45) is 3.19. The number of rotatable bonds is 8. The summed E-state index contributed by atoms with van der Waals surface area (Å²) < 4.78 is 21.2. The highest BCUT2D eigenvalue weighted by molar-refractivity contribution is 6.01. The minimum atomic E-state index is -0.642. The Morgan fingerprint density at radius 3 is 2.39 bits per heavy atom. The second kappa shape index (κ2) is 7.79. The lowest BCUT2D eigenvalue weighted by Gasteiger charge is -2.28. The summed E-state index contributed by atoms with van der Waals surface area (Å²) in [5.41, 5.74) is -0.577. The fourth-order valence-electron chi connectivity index (χ4n) is 3.30. The maximum Gasteiger partial charge on any atom is 0.327 e. The van der Waals surface area contributed by atoms with Gasteiger partial charge in [0.2, 0.25) is 11.5 Å². The molecular formula is C19H22N2O7. The first kappa shape index (κ1) is 19.5. The van der Waals surface area contributed by atoms with Gasteiger partial charge in [-0.15, -0.1) is 0 Å². The van der Waals surface area contributed by atoms with Crippen LogP contribution in [0.1, 0.15) is 41.9 Å². The van der Waals surface area contributed by atoms with Crippen LogP contribution in [-0.2, 0) is 0 Å². The van der Waals surface area contributed by atoms with Crippen LogP contribution in [-0.4, -0.2) is 43.1 Å². The normalized spacial score (nSPS) is 14.3. The van der Waals surface area contributed by atoms with Gasteiger partial charge >= 0.3 is 5.69 Å². The molecular weight excluding hydrogens is 368 g/mol. The molecule has 28 heavy (non-hydrogen) atoms. The molecule has 1 aliphatic rings. The molecule has 0 saturated heterocycles. The summed E-state index contributed by atoms with van der Waals surface area (Å²) in [5, 5.41) is 11.8. The van der Waals surface area contributed by atoms with Crippen molar-refractivity contribution in [3.05, 3.63) is 45.9 Å². The first-order valence-electron chi connectivity index (χ1n) is 8.78. The van der Waals surface area contributed by atoms with E-state index in [2.05, 4.69) is 0 Å². The highest BCUT2D eigenvalue weighted by Crippen LogP contribution is 2.47. The van der Waals surface area contributed by atoms with Crippen LogP contribution in [0.15, 0.2) is 28.9 Å². The van der Waals surface area contributed by atoms with Crippen molar-refractivity contribution in [3.8, 4) is 17.2 Å². The van der Waals surface area contributed by atoms with Gasteiger partial charge in [0.15, 0.2) is 5.75 Å². The van der Waals surface area contributed by atoms with Gasteiger partial charge in [-0.2, -0.15) is 0 Å². The van der Waals surface area contributed by atoms with Crippen molar-refractivity contribution in [2.45, 2.75) is 31.8 Å². The largest absolute Gasteiger partial charge is 0.493 e. The van der Waals surface area contributed by atoms with Crippen LogP contribution < -0.4 is 14.2 Å². The first-order chi connectivity index (χ1) is 13.4. The average molecular weight is 390 g/mol. The number of benzene rings is 1. The smallest absolute Gasteiger partial charge is 0.327 e. The number of hydrogen-bond acceptors (Lipinski definition) is 7. The third-order valence-electron chi connectivity index (χ3n) is 4.76. The Kier molecular flexibility index (Phi) is 5.43. The zero-order valence-corrected chi connectivity index (χ0v) is 16.1. The second-order valence-electron chi connectivity index (χ2n) is 6.43. The number of nitrogens with zero attached hydrogens (tertiary/aromatic N) is 2. The molecule has 1 atom stereocenters. The van der Waals surface area contributed by atoms with Crippen LogP contribution in [0.25, 0.3) is 0 Å². The van der Waals surface area contributed by atoms with Gasteiger partial charge in [-0.25, -0.2) is 0 Å². The Morgan fingerprint density at radius 2 is 1.93 bits per heavy atom. The fourth-order valence-corrected chi connectivity index (χ4v) is 3.30. The Bertz CT molecular complexity index is 875. The molecule has 0 N–H and O–H groups in total. The third kappa shape index (κ3) is 3.35. The Morgan fingerprint density at radius 1 is 1.25 bits per heavy atom. The van der Waals surface area contributed by atoms with Gasteiger partial charge in [-0.3, -0.25) is 14.9 Å². The number of nitro benzene ring substituents is 1. The number of hydrogen-bond donors (Lipinski definition) is 0. The molecule has 9 heteroatoms. The molecule has 1 aromatic carbocycles. The predicted molar refractivity (Wildman–Crippen MR) is 99.1 cm³/mol. The zero-order valence-electron chi connectivity index (χ0n) is 16.1. The molecule has 3 rings (SSSR count). The number of carbonyl (C=O) groups is 1. The summed E-state index contributed by atoms with van der Waals surface area (Å²) in [4.78, 5) is 26.2. The molecule has 2 aromatic rings. The summed E-state index contributed by atoms with van der Waals surface area (Å²) in [6.45, 7) is 1.83. The molecule has 1 unspecified atom stereocenters. The molecule has 9 nitrogen and oxygen atoms in total. The molecule has 1 heterocycles. The van der Waals surface area contributed by atoms with Gasteiger partial charge in [-0.05, 0) is 31.9 Å². The third-order valence-corrected chi connectivity index (χ3v) is 4.76. The van der Waals surface area contributed by atoms with Crippen molar-refractivity contribution in [2.24, 2.45) is 0 Å². The molecule has 1 aliphatic carbocycles. The maximum absolute atomic E-state index is 13.5. The van der Waals surface area contributed by atoms with Gasteiger partial charge in [-0.1, -0.05) is 0 Å². The summed E-state index contributed by atoms with van der Waals surface area (Å²) >= 11 is 0. The van der Waals surface area contributed by atoms with Crippen LogP contribution in [0.5, 0.6) is 17.2 Å². The van der Waals surface area contributed by atoms with E-state index in [4.69, 9.17) is 18.6 Å². The Hall–Kier alpha value is -3.23. The molecule has 1 aromatic heterocycles. The van der Waals surface area contributed by atoms with Crippen molar-refractivity contribution in [1.29, 1.82) is 0 Å². The van der Waals surface area contributed by atoms with Crippen molar-refractivity contribution in [3.63, 3.8) is 0 Å². The predicted octanol–water partition coefficient (Wildman–Crippen LogP) is 3.58. The molecule has 1 saturated carbocycles. The van der Waals surface area contributed by atoms with E-state index in [1.54, 1.807) is 17.0 Å². The highest BCUT2D eigenvalue weighted by Gasteiger charge is 2.42. The minimum Gasteiger partial charge on any atom is -0.493 e. The number of furan rings is 1. The van der Waals surface area contributed by atoms with Crippen LogP contribution in [0.4, 0.5) is 5.69 Å². The molecule has 0 bridgehead atoms. The van der Waals surface area contributed by atoms with E-state index >= 15 is 0 Å². The molecule has 0 aliphatic heterocycles. The Balaban J connectivity index is 2.15. The van der Waals surface area contributed by atoms with Crippen LogP contribution >= 0.6 is 0 Å². The SMILES string of the molecule is COc1cc(C(=O)N(C2CC2)C(C)c2ccco2)c([N+](=O)[O-])c(OC)c1OC. The topological polar surface area (TPSA) is 104 Å². The molecule has 1 amide bonds. The van der Waals surface area contributed by atoms with Gasteiger partial charge in [0.25, 0.3) is 5.91 Å². The zero-order chi connectivity index (χ0) is 20.4. The Labute approximate surface area is 161 Å². The molecule has 0 radical (unpaired) electrons. The van der Waals surface area contributed by atoms with Gasteiger partial charge in [0, 0.05) is 12.1 Å². The number of nitro groups is 1. The average Bonchev–Trinajstić information content (AvgIpc) is 3.36. The number of amides is 1. The number of methoxy groups -OCH3 is 3. The van der Waals surface area contributed by atoms with Gasteiger partial charge in [0.1, 0.15) is 11.3 Å². The van der Waals surface area contributed by atoms with E-state index in [1.807, 2.05) is 6.92 Å². The molecule has 0 spiro atoms. The summed E-state index contributed by atoms with van der Waals surface area (Å²) in [7, 11) is 4.02. The van der Waals surface area contributed by atoms with E-state index in [1.165, 1.54) is 33.7 Å². The second-order valence-corrected chi connectivity index (χ2v) is 6.43. The monoisotopic (exact) mass is 390 g/mol. The van der Waals surface area contributed by atoms with Crippen molar-refractivity contribution >= 4 is 11.6 Å². The summed E-state index contributed by atoms with van der Waals surface area (Å²) in [6, 6.07) is 4.45. The van der Waals surface area contributed by atoms with Crippen LogP contribution in [0, 0.1) is 10.1 Å². The van der Waals surface area contributed by atoms with Crippen LogP contribution in [0.2, 0.25) is 0 Å². The van der Waals surface area contributed by atoms with Crippen molar-refractivity contribution < 1.29 is 28.3 Å². The van der Waals surface area contributed by atoms with Crippen molar-refractivity contribution in [2.75, 3.05) is 21.3 Å². The van der Waals surface area contributed by atoms with Crippen LogP contribution in [0.3, 0.4) is 0 Å². The van der Waals surface area contributed by atoms with E-state index < -0.39 is 16.5 Å². The standard InChI is InChI=1S/C19H22N2O7/c1-11(14-6-5-9-28-14)20(12-7-8-12)19(22)13-10-15(25-2)17(26-3)18(27-4)16(13)21(23)24/h5-6,9-12H,7-8H2,1-4H3. The molecule has 150 valence electrons. The van der Waals surface area contributed by atoms with E-state index in [0.717, 1.165) is 12.8 Å². The van der Waals surface area contributed by atoms with E-state index in [9.17, 15) is 14.9 Å². The van der Waals surface area contributed by atoms with Gasteiger partial charge < -0.3 is 23.5 Å². The van der Waals surface area contributed by atoms with Crippen molar-refractivity contribution in [1.82, 2.24) is 4.90 Å². The number of carbonyl (C=O) groups excluding carboxylic acids is 1.